The summed E-state index contributed by atoms with van der Waals surface area (Å²) in [4.78, 5) is 22.3. The van der Waals surface area contributed by atoms with Gasteiger partial charge in [-0.25, -0.2) is 4.98 Å². The van der Waals surface area contributed by atoms with Crippen molar-refractivity contribution in [3.8, 4) is 22.5 Å². The second kappa shape index (κ2) is 8.93. The Bertz CT molecular complexity index is 1160. The molecule has 11 heteroatoms. The Labute approximate surface area is 193 Å². The summed E-state index contributed by atoms with van der Waals surface area (Å²) < 4.78 is 39.1. The van der Waals surface area contributed by atoms with Crippen molar-refractivity contribution >= 4 is 23.5 Å². The fraction of sp³-hybridized carbons (Fsp3) is 0.318. The van der Waals surface area contributed by atoms with E-state index in [1.165, 1.54) is 24.5 Å². The third kappa shape index (κ3) is 4.90. The van der Waals surface area contributed by atoms with Crippen LogP contribution in [-0.2, 0) is 11.0 Å². The third-order valence-corrected chi connectivity index (χ3v) is 5.53. The summed E-state index contributed by atoms with van der Waals surface area (Å²) in [5.74, 6) is 0.160. The fourth-order valence-electron chi connectivity index (χ4n) is 3.32. The molecular weight excluding hydrogens is 457 g/mol. The molecule has 2 aromatic heterocycles. The minimum Gasteiger partial charge on any atom is -0.350 e. The van der Waals surface area contributed by atoms with E-state index in [0.717, 1.165) is 12.1 Å². The molecule has 0 unspecified atom stereocenters. The van der Waals surface area contributed by atoms with Crippen LogP contribution in [-0.4, -0.2) is 45.2 Å². The molecule has 172 valence electrons. The largest absolute Gasteiger partial charge is 0.416 e. The monoisotopic (exact) mass is 476 g/mol. The molecule has 3 heterocycles. The van der Waals surface area contributed by atoms with E-state index in [1.54, 1.807) is 6.07 Å². The molecule has 0 aliphatic carbocycles. The van der Waals surface area contributed by atoms with Crippen LogP contribution in [0.2, 0.25) is 5.02 Å². The molecule has 1 aromatic carbocycles. The first kappa shape index (κ1) is 22.9. The van der Waals surface area contributed by atoms with Crippen molar-refractivity contribution in [2.75, 3.05) is 18.0 Å². The standard InChI is InChI=1S/C22H20ClF3N6O/c1-12(2)20(33)28-15-10-32(11-15)21-29-18(13-3-5-14(6-4-13)22(24,25)26)19(30-31-21)16-7-8-27-9-17(16)23/h3-9,12,15H,10-11H2,1-2H3,(H,28,33). The van der Waals surface area contributed by atoms with Crippen LogP contribution in [0.4, 0.5) is 19.1 Å². The van der Waals surface area contributed by atoms with Crippen molar-refractivity contribution in [3.63, 3.8) is 0 Å². The first-order valence-electron chi connectivity index (χ1n) is 10.2. The van der Waals surface area contributed by atoms with Crippen molar-refractivity contribution in [3.05, 3.63) is 53.3 Å². The number of alkyl halides is 3. The zero-order valence-corrected chi connectivity index (χ0v) is 18.5. The van der Waals surface area contributed by atoms with Gasteiger partial charge in [0, 0.05) is 42.5 Å². The number of pyridine rings is 1. The first-order valence-corrected chi connectivity index (χ1v) is 10.6. The maximum absolute atomic E-state index is 13.0. The molecule has 1 fully saturated rings. The predicted octanol–water partition coefficient (Wildman–Crippen LogP) is 4.23. The van der Waals surface area contributed by atoms with Crippen molar-refractivity contribution < 1.29 is 18.0 Å². The summed E-state index contributed by atoms with van der Waals surface area (Å²) in [5, 5.41) is 11.8. The van der Waals surface area contributed by atoms with E-state index in [1.807, 2.05) is 18.7 Å². The summed E-state index contributed by atoms with van der Waals surface area (Å²) in [6, 6.07) is 6.29. The zero-order valence-electron chi connectivity index (χ0n) is 17.8. The molecule has 1 aliphatic rings. The van der Waals surface area contributed by atoms with Crippen LogP contribution in [0, 0.1) is 5.92 Å². The third-order valence-electron chi connectivity index (χ3n) is 5.22. The Morgan fingerprint density at radius 3 is 2.42 bits per heavy atom. The van der Waals surface area contributed by atoms with E-state index in [2.05, 4.69) is 25.5 Å². The van der Waals surface area contributed by atoms with E-state index >= 15 is 0 Å². The number of halogens is 4. The number of nitrogens with zero attached hydrogens (tertiary/aromatic N) is 5. The molecule has 0 atom stereocenters. The van der Waals surface area contributed by atoms with Gasteiger partial charge in [-0.3, -0.25) is 9.78 Å². The molecule has 0 radical (unpaired) electrons. The Morgan fingerprint density at radius 2 is 1.82 bits per heavy atom. The van der Waals surface area contributed by atoms with Crippen molar-refractivity contribution in [2.45, 2.75) is 26.1 Å². The Hall–Kier alpha value is -3.27. The fourth-order valence-corrected chi connectivity index (χ4v) is 3.53. The van der Waals surface area contributed by atoms with Crippen LogP contribution in [0.3, 0.4) is 0 Å². The average Bonchev–Trinajstić information content (AvgIpc) is 2.75. The number of aromatic nitrogens is 4. The van der Waals surface area contributed by atoms with Gasteiger partial charge in [-0.1, -0.05) is 37.6 Å². The molecule has 1 saturated heterocycles. The van der Waals surface area contributed by atoms with Gasteiger partial charge in [0.2, 0.25) is 11.9 Å². The molecule has 7 nitrogen and oxygen atoms in total. The molecule has 3 aromatic rings. The number of nitrogens with one attached hydrogen (secondary N) is 1. The normalized spacial score (nSPS) is 14.3. The van der Waals surface area contributed by atoms with Crippen LogP contribution < -0.4 is 10.2 Å². The zero-order chi connectivity index (χ0) is 23.8. The SMILES string of the molecule is CC(C)C(=O)NC1CN(c2nnc(-c3ccncc3Cl)c(-c3ccc(C(F)(F)F)cc3)n2)C1. The summed E-state index contributed by atoms with van der Waals surface area (Å²) in [5.41, 5.74) is 0.863. The minimum atomic E-state index is -4.45. The molecule has 1 amide bonds. The lowest BCUT2D eigenvalue weighted by Gasteiger charge is -2.39. The Morgan fingerprint density at radius 1 is 1.12 bits per heavy atom. The number of carbonyl (C=O) groups is 1. The molecule has 0 saturated carbocycles. The number of benzene rings is 1. The second-order valence-electron chi connectivity index (χ2n) is 8.00. The lowest BCUT2D eigenvalue weighted by molar-refractivity contribution is -0.137. The second-order valence-corrected chi connectivity index (χ2v) is 8.41. The number of rotatable bonds is 5. The minimum absolute atomic E-state index is 0.0349. The van der Waals surface area contributed by atoms with E-state index in [4.69, 9.17) is 11.6 Å². The topological polar surface area (TPSA) is 83.9 Å². The van der Waals surface area contributed by atoms with E-state index in [-0.39, 0.29) is 17.9 Å². The average molecular weight is 477 g/mol. The van der Waals surface area contributed by atoms with Gasteiger partial charge >= 0.3 is 6.18 Å². The van der Waals surface area contributed by atoms with Gasteiger partial charge in [-0.2, -0.15) is 13.2 Å². The first-order chi connectivity index (χ1) is 15.6. The maximum Gasteiger partial charge on any atom is 0.416 e. The van der Waals surface area contributed by atoms with Gasteiger partial charge in [0.25, 0.3) is 0 Å². The van der Waals surface area contributed by atoms with Gasteiger partial charge in [0.05, 0.1) is 16.6 Å². The van der Waals surface area contributed by atoms with Gasteiger partial charge in [0.1, 0.15) is 11.4 Å². The highest BCUT2D eigenvalue weighted by Crippen LogP contribution is 2.35. The molecule has 4 rings (SSSR count). The van der Waals surface area contributed by atoms with Gasteiger partial charge in [-0.15, -0.1) is 10.2 Å². The lowest BCUT2D eigenvalue weighted by atomic mass is 10.0. The Kier molecular flexibility index (Phi) is 6.20. The summed E-state index contributed by atoms with van der Waals surface area (Å²) >= 11 is 6.28. The van der Waals surface area contributed by atoms with Gasteiger partial charge < -0.3 is 10.2 Å². The predicted molar refractivity (Wildman–Crippen MR) is 117 cm³/mol. The van der Waals surface area contributed by atoms with Gasteiger partial charge in [-0.05, 0) is 18.2 Å². The number of anilines is 1. The molecule has 33 heavy (non-hydrogen) atoms. The highest BCUT2D eigenvalue weighted by molar-refractivity contribution is 6.33. The smallest absolute Gasteiger partial charge is 0.350 e. The van der Waals surface area contributed by atoms with Crippen molar-refractivity contribution in [1.29, 1.82) is 0 Å². The van der Waals surface area contributed by atoms with Crippen LogP contribution in [0.5, 0.6) is 0 Å². The molecule has 0 spiro atoms. The van der Waals surface area contributed by atoms with Crippen molar-refractivity contribution in [1.82, 2.24) is 25.5 Å². The summed E-state index contributed by atoms with van der Waals surface area (Å²) in [6.07, 6.45) is -1.47. The van der Waals surface area contributed by atoms with E-state index in [9.17, 15) is 18.0 Å². The Balaban J connectivity index is 1.67. The molecule has 1 N–H and O–H groups in total. The van der Waals surface area contributed by atoms with Crippen LogP contribution in [0.1, 0.15) is 19.4 Å². The van der Waals surface area contributed by atoms with E-state index in [0.29, 0.717) is 46.6 Å². The maximum atomic E-state index is 13.0. The summed E-state index contributed by atoms with van der Waals surface area (Å²) in [7, 11) is 0. The quantitative estimate of drug-likeness (QED) is 0.593. The van der Waals surface area contributed by atoms with Crippen LogP contribution >= 0.6 is 11.6 Å². The number of hydrogen-bond donors (Lipinski definition) is 1. The number of carbonyl (C=O) groups excluding carboxylic acids is 1. The molecule has 0 bridgehead atoms. The number of hydrogen-bond acceptors (Lipinski definition) is 6. The molecule has 1 aliphatic heterocycles. The number of amides is 1. The van der Waals surface area contributed by atoms with Crippen LogP contribution in [0.25, 0.3) is 22.5 Å². The molecular formula is C22H20ClF3N6O. The highest BCUT2D eigenvalue weighted by Gasteiger charge is 2.32. The van der Waals surface area contributed by atoms with E-state index < -0.39 is 11.7 Å². The lowest BCUT2D eigenvalue weighted by Crippen LogP contribution is -2.60. The van der Waals surface area contributed by atoms with Crippen molar-refractivity contribution in [2.24, 2.45) is 5.92 Å². The highest BCUT2D eigenvalue weighted by atomic mass is 35.5. The van der Waals surface area contributed by atoms with Gasteiger partial charge in [0.15, 0.2) is 0 Å². The summed E-state index contributed by atoms with van der Waals surface area (Å²) in [6.45, 7) is 4.64. The van der Waals surface area contributed by atoms with Crippen LogP contribution in [0.15, 0.2) is 42.7 Å².